The summed E-state index contributed by atoms with van der Waals surface area (Å²) in [7, 11) is 0. The van der Waals surface area contributed by atoms with Crippen molar-refractivity contribution in [2.45, 2.75) is 13.3 Å². The van der Waals surface area contributed by atoms with E-state index >= 15 is 0 Å². The fourth-order valence-corrected chi connectivity index (χ4v) is 0.553. The van der Waals surface area contributed by atoms with Gasteiger partial charge in [0.1, 0.15) is 0 Å². The molecule has 0 amide bonds. The van der Waals surface area contributed by atoms with E-state index in [0.717, 1.165) is 11.5 Å². The molecule has 0 nitrogen and oxygen atoms in total. The molecule has 0 aromatic heterocycles. The third-order valence-corrected chi connectivity index (χ3v) is 1.32. The molecule has 0 fully saturated rings. The van der Waals surface area contributed by atoms with Gasteiger partial charge in [-0.15, -0.1) is 0 Å². The number of rotatable bonds is 2. The topological polar surface area (TPSA) is 0 Å². The van der Waals surface area contributed by atoms with Crippen LogP contribution in [0.3, 0.4) is 0 Å². The van der Waals surface area contributed by atoms with E-state index in [-0.39, 0.29) is 0 Å². The number of allylic oxidation sites excluding steroid dienone is 1. The molecular formula is C5H8ClS. The zero-order valence-electron chi connectivity index (χ0n) is 4.28. The second-order valence-electron chi connectivity index (χ2n) is 1.20. The van der Waals surface area contributed by atoms with Gasteiger partial charge in [-0.2, -0.15) is 0 Å². The highest BCUT2D eigenvalue weighted by atomic mass is 35.5. The standard InChI is InChI=1S/C5H8ClS/c1-2-3-5(6)4-7/h3H,2,4H2,1H3/b5-3-. The second kappa shape index (κ2) is 4.54. The zero-order valence-corrected chi connectivity index (χ0v) is 5.85. The minimum atomic E-state index is 0.551. The van der Waals surface area contributed by atoms with E-state index in [0.29, 0.717) is 5.75 Å². The van der Waals surface area contributed by atoms with Crippen LogP contribution in [0.4, 0.5) is 0 Å². The lowest BCUT2D eigenvalue weighted by Gasteiger charge is -1.84. The first-order chi connectivity index (χ1) is 3.31. The molecule has 1 radical (unpaired) electrons. The summed E-state index contributed by atoms with van der Waals surface area (Å²) in [4.78, 5) is 0. The number of halogens is 1. The largest absolute Gasteiger partial charge is 0.0886 e. The van der Waals surface area contributed by atoms with Crippen LogP contribution in [0.5, 0.6) is 0 Å². The highest BCUT2D eigenvalue weighted by molar-refractivity contribution is 7.80. The Labute approximate surface area is 55.0 Å². The van der Waals surface area contributed by atoms with E-state index in [1.807, 2.05) is 13.0 Å². The molecule has 2 heteroatoms. The first-order valence-electron chi connectivity index (χ1n) is 2.24. The Hall–Kier alpha value is 0.380. The molecule has 0 saturated heterocycles. The molecular weight excluding hydrogens is 128 g/mol. The second-order valence-corrected chi connectivity index (χ2v) is 1.98. The molecule has 0 heterocycles. The molecule has 0 aliphatic carbocycles. The van der Waals surface area contributed by atoms with Gasteiger partial charge in [0.15, 0.2) is 0 Å². The van der Waals surface area contributed by atoms with Gasteiger partial charge < -0.3 is 0 Å². The minimum absolute atomic E-state index is 0.551. The van der Waals surface area contributed by atoms with Crippen molar-refractivity contribution in [3.63, 3.8) is 0 Å². The van der Waals surface area contributed by atoms with Gasteiger partial charge in [0.25, 0.3) is 0 Å². The van der Waals surface area contributed by atoms with Gasteiger partial charge in [-0.25, -0.2) is 0 Å². The summed E-state index contributed by atoms with van der Waals surface area (Å²) in [5, 5.41) is 0.789. The fourth-order valence-electron chi connectivity index (χ4n) is 0.280. The minimum Gasteiger partial charge on any atom is -0.0886 e. The van der Waals surface area contributed by atoms with Crippen LogP contribution in [0.1, 0.15) is 13.3 Å². The molecule has 0 atom stereocenters. The van der Waals surface area contributed by atoms with Gasteiger partial charge in [0.05, 0.1) is 0 Å². The van der Waals surface area contributed by atoms with Gasteiger partial charge in [-0.05, 0) is 6.42 Å². The maximum absolute atomic E-state index is 5.52. The van der Waals surface area contributed by atoms with E-state index in [2.05, 4.69) is 12.6 Å². The Morgan fingerprint density at radius 3 is 2.57 bits per heavy atom. The van der Waals surface area contributed by atoms with Crippen molar-refractivity contribution in [1.29, 1.82) is 0 Å². The van der Waals surface area contributed by atoms with Crippen molar-refractivity contribution in [2.24, 2.45) is 0 Å². The summed E-state index contributed by atoms with van der Waals surface area (Å²) >= 11 is 10.2. The van der Waals surface area contributed by atoms with Crippen molar-refractivity contribution in [3.05, 3.63) is 11.1 Å². The van der Waals surface area contributed by atoms with Gasteiger partial charge in [0.2, 0.25) is 0 Å². The number of hydrogen-bond donors (Lipinski definition) is 0. The Balaban J connectivity index is 3.29. The van der Waals surface area contributed by atoms with Crippen LogP contribution in [0.2, 0.25) is 0 Å². The molecule has 41 valence electrons. The summed E-state index contributed by atoms with van der Waals surface area (Å²) in [6, 6.07) is 0. The molecule has 0 aromatic rings. The molecule has 0 aliphatic rings. The zero-order chi connectivity index (χ0) is 5.70. The van der Waals surface area contributed by atoms with Gasteiger partial charge >= 0.3 is 0 Å². The van der Waals surface area contributed by atoms with Crippen molar-refractivity contribution >= 4 is 24.2 Å². The maximum Gasteiger partial charge on any atom is 0.0393 e. The number of hydrogen-bond acceptors (Lipinski definition) is 0. The highest BCUT2D eigenvalue weighted by Crippen LogP contribution is 2.02. The van der Waals surface area contributed by atoms with E-state index < -0.39 is 0 Å². The molecule has 0 spiro atoms. The van der Waals surface area contributed by atoms with E-state index in [4.69, 9.17) is 11.6 Å². The third-order valence-electron chi connectivity index (χ3n) is 0.564. The van der Waals surface area contributed by atoms with Crippen molar-refractivity contribution in [2.75, 3.05) is 5.75 Å². The van der Waals surface area contributed by atoms with Crippen molar-refractivity contribution in [3.8, 4) is 0 Å². The van der Waals surface area contributed by atoms with Crippen LogP contribution in [-0.2, 0) is 0 Å². The van der Waals surface area contributed by atoms with Crippen molar-refractivity contribution in [1.82, 2.24) is 0 Å². The monoisotopic (exact) mass is 135 g/mol. The van der Waals surface area contributed by atoms with Crippen LogP contribution in [0.25, 0.3) is 0 Å². The highest BCUT2D eigenvalue weighted by Gasteiger charge is 1.81. The quantitative estimate of drug-likeness (QED) is 0.546. The molecule has 0 N–H and O–H groups in total. The van der Waals surface area contributed by atoms with E-state index in [1.165, 1.54) is 0 Å². The lowest BCUT2D eigenvalue weighted by Crippen LogP contribution is -1.68. The lowest BCUT2D eigenvalue weighted by molar-refractivity contribution is 1.21. The summed E-state index contributed by atoms with van der Waals surface area (Å²) in [5.41, 5.74) is 0. The Kier molecular flexibility index (Phi) is 4.78. The van der Waals surface area contributed by atoms with Crippen molar-refractivity contribution < 1.29 is 0 Å². The smallest absolute Gasteiger partial charge is 0.0393 e. The van der Waals surface area contributed by atoms with Crippen LogP contribution in [-0.4, -0.2) is 5.75 Å². The molecule has 0 rings (SSSR count). The average Bonchev–Trinajstić information content (AvgIpc) is 1.68. The van der Waals surface area contributed by atoms with Crippen LogP contribution in [0, 0.1) is 0 Å². The van der Waals surface area contributed by atoms with E-state index in [9.17, 15) is 0 Å². The lowest BCUT2D eigenvalue weighted by atomic mass is 10.4. The summed E-state index contributed by atoms with van der Waals surface area (Å²) in [5.74, 6) is 0.551. The average molecular weight is 136 g/mol. The Bertz CT molecular complexity index is 68.5. The van der Waals surface area contributed by atoms with Crippen LogP contribution < -0.4 is 0 Å². The molecule has 0 saturated carbocycles. The molecule has 7 heavy (non-hydrogen) atoms. The van der Waals surface area contributed by atoms with E-state index in [1.54, 1.807) is 0 Å². The van der Waals surface area contributed by atoms with Crippen LogP contribution in [0.15, 0.2) is 11.1 Å². The Morgan fingerprint density at radius 1 is 1.86 bits per heavy atom. The normalized spacial score (nSPS) is 12.1. The Morgan fingerprint density at radius 2 is 2.43 bits per heavy atom. The first-order valence-corrected chi connectivity index (χ1v) is 3.19. The van der Waals surface area contributed by atoms with Crippen LogP contribution >= 0.6 is 24.2 Å². The summed E-state index contributed by atoms with van der Waals surface area (Å²) in [6.07, 6.45) is 2.91. The summed E-state index contributed by atoms with van der Waals surface area (Å²) < 4.78 is 0. The third kappa shape index (κ3) is 4.23. The fraction of sp³-hybridized carbons (Fsp3) is 0.600. The van der Waals surface area contributed by atoms with Gasteiger partial charge in [-0.1, -0.05) is 37.2 Å². The molecule has 0 aromatic carbocycles. The SMILES string of the molecule is CC/C=C(\Cl)C[S]. The predicted octanol–water partition coefficient (Wildman–Crippen LogP) is 2.72. The molecule has 0 unspecified atom stereocenters. The van der Waals surface area contributed by atoms with Gasteiger partial charge in [0, 0.05) is 10.8 Å². The molecule has 0 aliphatic heterocycles. The molecule has 0 bridgehead atoms. The summed E-state index contributed by atoms with van der Waals surface area (Å²) in [6.45, 7) is 2.04. The maximum atomic E-state index is 5.52. The predicted molar refractivity (Wildman–Crippen MR) is 36.7 cm³/mol. The first kappa shape index (κ1) is 7.38. The van der Waals surface area contributed by atoms with Gasteiger partial charge in [-0.3, -0.25) is 0 Å².